The van der Waals surface area contributed by atoms with Crippen LogP contribution in [0.1, 0.15) is 19.4 Å². The van der Waals surface area contributed by atoms with Gasteiger partial charge in [-0.25, -0.2) is 0 Å². The molecule has 2 aromatic rings. The first-order valence-electron chi connectivity index (χ1n) is 6.35. The minimum Gasteiger partial charge on any atom is -0.383 e. The standard InChI is InChI=1S/C15H21N3O/c1-15(2,19-4)9-11-5-7-12(8-6-11)13-10-17-18(3)14(13)16/h5-8,10H,9,16H2,1-4H3. The summed E-state index contributed by atoms with van der Waals surface area (Å²) in [5.74, 6) is 0.685. The van der Waals surface area contributed by atoms with E-state index in [4.69, 9.17) is 10.5 Å². The normalized spacial score (nSPS) is 11.8. The van der Waals surface area contributed by atoms with Crippen molar-refractivity contribution in [1.29, 1.82) is 0 Å². The SMILES string of the molecule is COC(C)(C)Cc1ccc(-c2cnn(C)c2N)cc1. The van der Waals surface area contributed by atoms with Gasteiger partial charge in [-0.3, -0.25) is 4.68 Å². The van der Waals surface area contributed by atoms with E-state index in [2.05, 4.69) is 43.2 Å². The van der Waals surface area contributed by atoms with E-state index in [1.807, 2.05) is 7.05 Å². The van der Waals surface area contributed by atoms with Crippen molar-refractivity contribution in [3.63, 3.8) is 0 Å². The molecular formula is C15H21N3O. The molecule has 0 unspecified atom stereocenters. The number of aryl methyl sites for hydroxylation is 1. The van der Waals surface area contributed by atoms with Crippen LogP contribution in [0.5, 0.6) is 0 Å². The lowest BCUT2D eigenvalue weighted by Crippen LogP contribution is -2.25. The Morgan fingerprint density at radius 3 is 2.37 bits per heavy atom. The third-order valence-electron chi connectivity index (χ3n) is 3.43. The Bertz CT molecular complexity index is 555. The fraction of sp³-hybridized carbons (Fsp3) is 0.400. The first-order valence-corrected chi connectivity index (χ1v) is 6.35. The summed E-state index contributed by atoms with van der Waals surface area (Å²) in [6, 6.07) is 8.38. The molecule has 0 aliphatic carbocycles. The van der Waals surface area contributed by atoms with Crippen molar-refractivity contribution >= 4 is 5.82 Å². The lowest BCUT2D eigenvalue weighted by Gasteiger charge is -2.22. The highest BCUT2D eigenvalue weighted by Crippen LogP contribution is 2.26. The molecule has 0 saturated heterocycles. The second-order valence-corrected chi connectivity index (χ2v) is 5.40. The van der Waals surface area contributed by atoms with Crippen molar-refractivity contribution in [2.24, 2.45) is 7.05 Å². The van der Waals surface area contributed by atoms with E-state index in [0.717, 1.165) is 17.5 Å². The van der Waals surface area contributed by atoms with Gasteiger partial charge in [0.15, 0.2) is 0 Å². The molecule has 1 aromatic heterocycles. The fourth-order valence-electron chi connectivity index (χ4n) is 2.04. The van der Waals surface area contributed by atoms with E-state index in [9.17, 15) is 0 Å². The monoisotopic (exact) mass is 259 g/mol. The molecule has 1 aromatic carbocycles. The molecule has 0 fully saturated rings. The first-order chi connectivity index (χ1) is 8.93. The average molecular weight is 259 g/mol. The number of methoxy groups -OCH3 is 1. The maximum atomic E-state index is 5.98. The fourth-order valence-corrected chi connectivity index (χ4v) is 2.04. The largest absolute Gasteiger partial charge is 0.383 e. The third kappa shape index (κ3) is 2.96. The van der Waals surface area contributed by atoms with Crippen LogP contribution in [0.4, 0.5) is 5.82 Å². The molecule has 0 aliphatic heterocycles. The quantitative estimate of drug-likeness (QED) is 0.918. The van der Waals surface area contributed by atoms with Crippen LogP contribution in [0.25, 0.3) is 11.1 Å². The Balaban J connectivity index is 2.22. The predicted octanol–water partition coefficient (Wildman–Crippen LogP) is 2.64. The summed E-state index contributed by atoms with van der Waals surface area (Å²) in [5, 5.41) is 4.16. The number of hydrogen-bond acceptors (Lipinski definition) is 3. The van der Waals surface area contributed by atoms with Gasteiger partial charge in [-0.15, -0.1) is 0 Å². The number of rotatable bonds is 4. The molecule has 1 heterocycles. The highest BCUT2D eigenvalue weighted by Gasteiger charge is 2.17. The lowest BCUT2D eigenvalue weighted by atomic mass is 9.96. The van der Waals surface area contributed by atoms with Crippen LogP contribution in [0, 0.1) is 0 Å². The highest BCUT2D eigenvalue weighted by atomic mass is 16.5. The minimum atomic E-state index is -0.144. The molecule has 4 nitrogen and oxygen atoms in total. The summed E-state index contributed by atoms with van der Waals surface area (Å²) < 4.78 is 7.12. The zero-order valence-electron chi connectivity index (χ0n) is 12.0. The van der Waals surface area contributed by atoms with Gasteiger partial charge >= 0.3 is 0 Å². The van der Waals surface area contributed by atoms with Gasteiger partial charge < -0.3 is 10.5 Å². The molecule has 0 radical (unpaired) electrons. The van der Waals surface area contributed by atoms with Gasteiger partial charge in [0.25, 0.3) is 0 Å². The highest BCUT2D eigenvalue weighted by molar-refractivity contribution is 5.73. The molecule has 0 aliphatic rings. The Morgan fingerprint density at radius 1 is 1.26 bits per heavy atom. The zero-order valence-corrected chi connectivity index (χ0v) is 12.0. The summed E-state index contributed by atoms with van der Waals surface area (Å²) >= 11 is 0. The van der Waals surface area contributed by atoms with Crippen LogP contribution >= 0.6 is 0 Å². The lowest BCUT2D eigenvalue weighted by molar-refractivity contribution is 0.0232. The molecule has 2 rings (SSSR count). The number of ether oxygens (including phenoxy) is 1. The van der Waals surface area contributed by atoms with Gasteiger partial charge in [0.05, 0.1) is 11.8 Å². The molecule has 0 amide bonds. The maximum absolute atomic E-state index is 5.98. The maximum Gasteiger partial charge on any atom is 0.129 e. The van der Waals surface area contributed by atoms with Crippen LogP contribution in [0.15, 0.2) is 30.5 Å². The van der Waals surface area contributed by atoms with Crippen molar-refractivity contribution in [3.05, 3.63) is 36.0 Å². The number of anilines is 1. The number of benzene rings is 1. The number of aromatic nitrogens is 2. The molecule has 102 valence electrons. The summed E-state index contributed by atoms with van der Waals surface area (Å²) in [4.78, 5) is 0. The minimum absolute atomic E-state index is 0.144. The Labute approximate surface area is 114 Å². The summed E-state index contributed by atoms with van der Waals surface area (Å²) in [6.45, 7) is 4.17. The van der Waals surface area contributed by atoms with Crippen LogP contribution in [0.3, 0.4) is 0 Å². The van der Waals surface area contributed by atoms with E-state index in [-0.39, 0.29) is 5.60 Å². The van der Waals surface area contributed by atoms with E-state index in [1.54, 1.807) is 18.0 Å². The topological polar surface area (TPSA) is 53.1 Å². The van der Waals surface area contributed by atoms with E-state index < -0.39 is 0 Å². The molecule has 2 N–H and O–H groups in total. The van der Waals surface area contributed by atoms with Crippen LogP contribution < -0.4 is 5.73 Å². The van der Waals surface area contributed by atoms with Gasteiger partial charge in [0.1, 0.15) is 5.82 Å². The van der Waals surface area contributed by atoms with Gasteiger partial charge in [-0.2, -0.15) is 5.10 Å². The predicted molar refractivity (Wildman–Crippen MR) is 77.8 cm³/mol. The Hall–Kier alpha value is -1.81. The zero-order chi connectivity index (χ0) is 14.0. The average Bonchev–Trinajstić information content (AvgIpc) is 2.71. The summed E-state index contributed by atoms with van der Waals surface area (Å²) in [5.41, 5.74) is 9.14. The van der Waals surface area contributed by atoms with Crippen LogP contribution in [-0.4, -0.2) is 22.5 Å². The molecule has 4 heteroatoms. The Morgan fingerprint density at radius 2 is 1.89 bits per heavy atom. The summed E-state index contributed by atoms with van der Waals surface area (Å²) in [7, 11) is 3.58. The van der Waals surface area contributed by atoms with Gasteiger partial charge in [-0.1, -0.05) is 24.3 Å². The van der Waals surface area contributed by atoms with E-state index >= 15 is 0 Å². The number of nitrogens with two attached hydrogens (primary N) is 1. The van der Waals surface area contributed by atoms with Gasteiger partial charge in [0.2, 0.25) is 0 Å². The van der Waals surface area contributed by atoms with Crippen molar-refractivity contribution in [2.75, 3.05) is 12.8 Å². The molecule has 0 atom stereocenters. The van der Waals surface area contributed by atoms with Gasteiger partial charge in [0, 0.05) is 26.1 Å². The second kappa shape index (κ2) is 5.05. The van der Waals surface area contributed by atoms with E-state index in [1.165, 1.54) is 5.56 Å². The van der Waals surface area contributed by atoms with E-state index in [0.29, 0.717) is 5.82 Å². The van der Waals surface area contributed by atoms with Crippen molar-refractivity contribution in [3.8, 4) is 11.1 Å². The number of nitrogens with zero attached hydrogens (tertiary/aromatic N) is 2. The smallest absolute Gasteiger partial charge is 0.129 e. The third-order valence-corrected chi connectivity index (χ3v) is 3.43. The second-order valence-electron chi connectivity index (χ2n) is 5.40. The van der Waals surface area contributed by atoms with Crippen molar-refractivity contribution < 1.29 is 4.74 Å². The molecule has 19 heavy (non-hydrogen) atoms. The summed E-state index contributed by atoms with van der Waals surface area (Å²) in [6.07, 6.45) is 2.68. The molecular weight excluding hydrogens is 238 g/mol. The number of nitrogen functional groups attached to an aromatic ring is 1. The van der Waals surface area contributed by atoms with Gasteiger partial charge in [-0.05, 0) is 25.0 Å². The van der Waals surface area contributed by atoms with Crippen LogP contribution in [0.2, 0.25) is 0 Å². The number of hydrogen-bond donors (Lipinski definition) is 1. The Kier molecular flexibility index (Phi) is 3.62. The van der Waals surface area contributed by atoms with Crippen molar-refractivity contribution in [1.82, 2.24) is 9.78 Å². The molecule has 0 bridgehead atoms. The van der Waals surface area contributed by atoms with Crippen molar-refractivity contribution in [2.45, 2.75) is 25.9 Å². The first kappa shape index (κ1) is 13.6. The molecule has 0 saturated carbocycles. The van der Waals surface area contributed by atoms with Crippen LogP contribution in [-0.2, 0) is 18.2 Å². The molecule has 0 spiro atoms.